The number of aromatic nitrogens is 2. The molecule has 1 unspecified atom stereocenters. The molecule has 17 heavy (non-hydrogen) atoms. The monoisotopic (exact) mass is 238 g/mol. The topological polar surface area (TPSA) is 33.1 Å². The molecule has 0 saturated heterocycles. The van der Waals surface area contributed by atoms with Gasteiger partial charge < -0.3 is 10.2 Å². The van der Waals surface area contributed by atoms with Gasteiger partial charge in [0, 0.05) is 18.8 Å². The normalized spacial score (nSPS) is 13.2. The third-order valence-corrected chi connectivity index (χ3v) is 2.91. The molecule has 0 saturated carbocycles. The number of hydrogen-bond acceptors (Lipinski definition) is 3. The predicted molar refractivity (Wildman–Crippen MR) is 72.2 cm³/mol. The molecule has 1 N–H and O–H groups in total. The smallest absolute Gasteiger partial charge is 0.0522 e. The average molecular weight is 238 g/mol. The summed E-state index contributed by atoms with van der Waals surface area (Å²) in [6.07, 6.45) is 6.39. The van der Waals surface area contributed by atoms with Crippen LogP contribution in [0.3, 0.4) is 0 Å². The molecule has 1 heterocycles. The van der Waals surface area contributed by atoms with Crippen LogP contribution in [0.4, 0.5) is 0 Å². The summed E-state index contributed by atoms with van der Waals surface area (Å²) in [4.78, 5) is 2.24. The van der Waals surface area contributed by atoms with Crippen LogP contribution in [-0.4, -0.2) is 47.9 Å². The highest BCUT2D eigenvalue weighted by Crippen LogP contribution is 2.06. The first-order valence-corrected chi connectivity index (χ1v) is 6.55. The van der Waals surface area contributed by atoms with Crippen molar-refractivity contribution in [2.45, 2.75) is 39.3 Å². The van der Waals surface area contributed by atoms with Gasteiger partial charge in [-0.2, -0.15) is 5.10 Å². The summed E-state index contributed by atoms with van der Waals surface area (Å²) in [5, 5.41) is 7.87. The van der Waals surface area contributed by atoms with E-state index in [0.29, 0.717) is 6.04 Å². The molecule has 1 aromatic heterocycles. The van der Waals surface area contributed by atoms with Crippen LogP contribution in [0.1, 0.15) is 25.8 Å². The highest BCUT2D eigenvalue weighted by molar-refractivity contribution is 5.06. The van der Waals surface area contributed by atoms with E-state index in [2.05, 4.69) is 49.5 Å². The first kappa shape index (κ1) is 14.2. The molecule has 0 fully saturated rings. The highest BCUT2D eigenvalue weighted by Gasteiger charge is 2.10. The summed E-state index contributed by atoms with van der Waals surface area (Å²) in [5.41, 5.74) is 1.33. The van der Waals surface area contributed by atoms with Crippen molar-refractivity contribution in [3.8, 4) is 0 Å². The van der Waals surface area contributed by atoms with E-state index in [1.807, 2.05) is 10.9 Å². The molecule has 0 spiro atoms. The fraction of sp³-hybridized carbons (Fsp3) is 0.769. The van der Waals surface area contributed by atoms with Crippen molar-refractivity contribution in [2.24, 2.45) is 0 Å². The van der Waals surface area contributed by atoms with E-state index in [4.69, 9.17) is 0 Å². The zero-order chi connectivity index (χ0) is 12.7. The van der Waals surface area contributed by atoms with Crippen LogP contribution >= 0.6 is 0 Å². The summed E-state index contributed by atoms with van der Waals surface area (Å²) in [7, 11) is 4.25. The molecule has 0 radical (unpaired) electrons. The molecule has 1 rings (SSSR count). The highest BCUT2D eigenvalue weighted by atomic mass is 15.3. The predicted octanol–water partition coefficient (Wildman–Crippen LogP) is 1.38. The molecular formula is C13H26N4. The Bertz CT molecular complexity index is 306. The lowest BCUT2D eigenvalue weighted by atomic mass is 10.1. The van der Waals surface area contributed by atoms with E-state index in [0.717, 1.165) is 26.1 Å². The maximum absolute atomic E-state index is 4.32. The van der Waals surface area contributed by atoms with Gasteiger partial charge in [-0.3, -0.25) is 4.68 Å². The molecule has 1 aromatic rings. The van der Waals surface area contributed by atoms with Crippen LogP contribution in [0.15, 0.2) is 12.4 Å². The van der Waals surface area contributed by atoms with Crippen molar-refractivity contribution in [3.63, 3.8) is 0 Å². The molecule has 0 bridgehead atoms. The maximum Gasteiger partial charge on any atom is 0.0522 e. The zero-order valence-electron chi connectivity index (χ0n) is 11.6. The Morgan fingerprint density at radius 1 is 1.41 bits per heavy atom. The van der Waals surface area contributed by atoms with E-state index in [1.165, 1.54) is 12.0 Å². The van der Waals surface area contributed by atoms with E-state index in [-0.39, 0.29) is 0 Å². The summed E-state index contributed by atoms with van der Waals surface area (Å²) >= 11 is 0. The number of hydrogen-bond donors (Lipinski definition) is 1. The third-order valence-electron chi connectivity index (χ3n) is 2.91. The van der Waals surface area contributed by atoms with Gasteiger partial charge in [-0.15, -0.1) is 0 Å². The summed E-state index contributed by atoms with van der Waals surface area (Å²) < 4.78 is 1.99. The summed E-state index contributed by atoms with van der Waals surface area (Å²) in [6, 6.07) is 0.553. The molecule has 1 atom stereocenters. The van der Waals surface area contributed by atoms with Crippen molar-refractivity contribution < 1.29 is 0 Å². The zero-order valence-corrected chi connectivity index (χ0v) is 11.6. The molecule has 0 amide bonds. The van der Waals surface area contributed by atoms with Crippen LogP contribution in [-0.2, 0) is 13.0 Å². The third kappa shape index (κ3) is 5.33. The number of likely N-dealkylation sites (N-methyl/N-ethyl adjacent to an activating group) is 1. The van der Waals surface area contributed by atoms with Crippen LogP contribution < -0.4 is 5.32 Å². The Morgan fingerprint density at radius 3 is 2.71 bits per heavy atom. The van der Waals surface area contributed by atoms with Crippen LogP contribution in [0, 0.1) is 0 Å². The van der Waals surface area contributed by atoms with Crippen LogP contribution in [0.5, 0.6) is 0 Å². The van der Waals surface area contributed by atoms with Crippen molar-refractivity contribution in [1.29, 1.82) is 0 Å². The van der Waals surface area contributed by atoms with E-state index >= 15 is 0 Å². The number of nitrogens with one attached hydrogen (secondary N) is 1. The fourth-order valence-electron chi connectivity index (χ4n) is 1.95. The molecule has 0 aliphatic rings. The lowest BCUT2D eigenvalue weighted by molar-refractivity contribution is 0.358. The first-order chi connectivity index (χ1) is 8.15. The second kappa shape index (κ2) is 7.45. The van der Waals surface area contributed by atoms with Gasteiger partial charge in [-0.05, 0) is 52.5 Å². The van der Waals surface area contributed by atoms with Gasteiger partial charge in [-0.25, -0.2) is 0 Å². The van der Waals surface area contributed by atoms with Crippen molar-refractivity contribution in [1.82, 2.24) is 20.0 Å². The number of aryl methyl sites for hydroxylation is 1. The quantitative estimate of drug-likeness (QED) is 0.742. The largest absolute Gasteiger partial charge is 0.314 e. The average Bonchev–Trinajstić information content (AvgIpc) is 2.74. The molecule has 4 heteroatoms. The molecule has 0 aromatic carbocycles. The minimum Gasteiger partial charge on any atom is -0.314 e. The van der Waals surface area contributed by atoms with Gasteiger partial charge in [0.15, 0.2) is 0 Å². The second-order valence-electron chi connectivity index (χ2n) is 4.75. The lowest BCUT2D eigenvalue weighted by Gasteiger charge is -2.19. The Morgan fingerprint density at radius 2 is 2.18 bits per heavy atom. The minimum atomic E-state index is 0.553. The minimum absolute atomic E-state index is 0.553. The molecule has 0 aliphatic heterocycles. The van der Waals surface area contributed by atoms with Gasteiger partial charge in [0.25, 0.3) is 0 Å². The van der Waals surface area contributed by atoms with Gasteiger partial charge in [0.1, 0.15) is 0 Å². The SMILES string of the molecule is CCNC(CCN(C)C)Cc1cnn(CC)c1. The van der Waals surface area contributed by atoms with Crippen molar-refractivity contribution in [2.75, 3.05) is 27.2 Å². The van der Waals surface area contributed by atoms with Crippen LogP contribution in [0.2, 0.25) is 0 Å². The van der Waals surface area contributed by atoms with E-state index in [9.17, 15) is 0 Å². The van der Waals surface area contributed by atoms with Gasteiger partial charge in [-0.1, -0.05) is 6.92 Å². The van der Waals surface area contributed by atoms with Gasteiger partial charge >= 0.3 is 0 Å². The number of rotatable bonds is 8. The summed E-state index contributed by atoms with van der Waals surface area (Å²) in [6.45, 7) is 7.38. The second-order valence-corrected chi connectivity index (χ2v) is 4.75. The molecular weight excluding hydrogens is 212 g/mol. The Balaban J connectivity index is 2.47. The van der Waals surface area contributed by atoms with Crippen LogP contribution in [0.25, 0.3) is 0 Å². The first-order valence-electron chi connectivity index (χ1n) is 6.55. The molecule has 4 nitrogen and oxygen atoms in total. The van der Waals surface area contributed by atoms with Gasteiger partial charge in [0.2, 0.25) is 0 Å². The Hall–Kier alpha value is -0.870. The Kier molecular flexibility index (Phi) is 6.22. The molecule has 0 aliphatic carbocycles. The number of nitrogens with zero attached hydrogens (tertiary/aromatic N) is 3. The fourth-order valence-corrected chi connectivity index (χ4v) is 1.95. The van der Waals surface area contributed by atoms with Gasteiger partial charge in [0.05, 0.1) is 6.20 Å². The van der Waals surface area contributed by atoms with E-state index < -0.39 is 0 Å². The Labute approximate surface area is 105 Å². The standard InChI is InChI=1S/C13H26N4/c1-5-14-13(7-8-16(3)4)9-12-10-15-17(6-2)11-12/h10-11,13-14H,5-9H2,1-4H3. The lowest BCUT2D eigenvalue weighted by Crippen LogP contribution is -2.33. The maximum atomic E-state index is 4.32. The van der Waals surface area contributed by atoms with Crippen molar-refractivity contribution >= 4 is 0 Å². The van der Waals surface area contributed by atoms with E-state index in [1.54, 1.807) is 0 Å². The van der Waals surface area contributed by atoms with Crippen molar-refractivity contribution in [3.05, 3.63) is 18.0 Å². The summed E-state index contributed by atoms with van der Waals surface area (Å²) in [5.74, 6) is 0. The molecule has 98 valence electrons.